The predicted octanol–water partition coefficient (Wildman–Crippen LogP) is 2.63. The maximum absolute atomic E-state index is 8.68. The molecular weight excluding hydrogens is 258 g/mol. The van der Waals surface area contributed by atoms with E-state index in [9.17, 15) is 0 Å². The molecule has 1 aromatic rings. The molecule has 19 heavy (non-hydrogen) atoms. The van der Waals surface area contributed by atoms with Crippen molar-refractivity contribution in [3.63, 3.8) is 0 Å². The Hall–Kier alpha value is -0.650. The Kier molecular flexibility index (Phi) is 8.79. The van der Waals surface area contributed by atoms with Crippen molar-refractivity contribution >= 4 is 16.5 Å². The van der Waals surface area contributed by atoms with E-state index >= 15 is 0 Å². The van der Waals surface area contributed by atoms with Gasteiger partial charge in [-0.15, -0.1) is 11.3 Å². The first kappa shape index (κ1) is 16.4. The molecule has 0 aliphatic heterocycles. The topological polar surface area (TPSA) is 48.4 Å². The van der Waals surface area contributed by atoms with Crippen LogP contribution in [-0.2, 0) is 6.54 Å². The van der Waals surface area contributed by atoms with Crippen LogP contribution in [0, 0.1) is 0 Å². The second-order valence-electron chi connectivity index (χ2n) is 4.60. The van der Waals surface area contributed by atoms with Gasteiger partial charge in [-0.1, -0.05) is 12.8 Å². The molecule has 0 bridgehead atoms. The minimum absolute atomic E-state index is 0.322. The van der Waals surface area contributed by atoms with Crippen LogP contribution in [0.4, 0.5) is 5.13 Å². The first-order valence-electron chi connectivity index (χ1n) is 7.33. The SMILES string of the molecule is CCN(CC)c1ncc(CNCCCCCCO)s1. The molecule has 0 saturated carbocycles. The van der Waals surface area contributed by atoms with Gasteiger partial charge in [-0.05, 0) is 33.2 Å². The standard InChI is InChI=1S/C14H27N3OS/c1-3-17(4-2)14-16-12-13(19-14)11-15-9-7-5-6-8-10-18/h12,15,18H,3-11H2,1-2H3. The summed E-state index contributed by atoms with van der Waals surface area (Å²) in [6.45, 7) is 8.64. The van der Waals surface area contributed by atoms with E-state index in [2.05, 4.69) is 29.0 Å². The molecule has 0 atom stereocenters. The van der Waals surface area contributed by atoms with Crippen LogP contribution in [0.2, 0.25) is 0 Å². The number of nitrogens with zero attached hydrogens (tertiary/aromatic N) is 2. The van der Waals surface area contributed by atoms with Gasteiger partial charge in [-0.2, -0.15) is 0 Å². The van der Waals surface area contributed by atoms with Crippen molar-refractivity contribution < 1.29 is 5.11 Å². The van der Waals surface area contributed by atoms with Crippen LogP contribution in [0.3, 0.4) is 0 Å². The molecule has 4 nitrogen and oxygen atoms in total. The van der Waals surface area contributed by atoms with E-state index in [-0.39, 0.29) is 0 Å². The summed E-state index contributed by atoms with van der Waals surface area (Å²) >= 11 is 1.78. The number of nitrogens with one attached hydrogen (secondary N) is 1. The van der Waals surface area contributed by atoms with Gasteiger partial charge in [0.15, 0.2) is 5.13 Å². The molecule has 0 unspecified atom stereocenters. The maximum atomic E-state index is 8.68. The zero-order valence-electron chi connectivity index (χ0n) is 12.2. The molecule has 2 N–H and O–H groups in total. The van der Waals surface area contributed by atoms with E-state index in [1.807, 2.05) is 6.20 Å². The Balaban J connectivity index is 2.16. The maximum Gasteiger partial charge on any atom is 0.185 e. The number of aliphatic hydroxyl groups is 1. The van der Waals surface area contributed by atoms with Crippen LogP contribution in [0.5, 0.6) is 0 Å². The van der Waals surface area contributed by atoms with Crippen molar-refractivity contribution in [2.45, 2.75) is 46.1 Å². The third-order valence-electron chi connectivity index (χ3n) is 3.14. The number of aromatic nitrogens is 1. The Labute approximate surface area is 120 Å². The van der Waals surface area contributed by atoms with Gasteiger partial charge in [0.1, 0.15) is 0 Å². The summed E-state index contributed by atoms with van der Waals surface area (Å²) in [6, 6.07) is 0. The molecule has 0 fully saturated rings. The summed E-state index contributed by atoms with van der Waals surface area (Å²) in [6.07, 6.45) is 6.42. The fourth-order valence-corrected chi connectivity index (χ4v) is 2.95. The quantitative estimate of drug-likeness (QED) is 0.614. The summed E-state index contributed by atoms with van der Waals surface area (Å²) in [5.74, 6) is 0. The van der Waals surface area contributed by atoms with Crippen LogP contribution >= 0.6 is 11.3 Å². The molecule has 0 amide bonds. The second-order valence-corrected chi connectivity index (χ2v) is 5.69. The fourth-order valence-electron chi connectivity index (χ4n) is 1.95. The smallest absolute Gasteiger partial charge is 0.185 e. The lowest BCUT2D eigenvalue weighted by Gasteiger charge is -2.16. The number of thiazole rings is 1. The molecular formula is C14H27N3OS. The van der Waals surface area contributed by atoms with Crippen molar-refractivity contribution in [3.8, 4) is 0 Å². The van der Waals surface area contributed by atoms with Gasteiger partial charge >= 0.3 is 0 Å². The van der Waals surface area contributed by atoms with Crippen molar-refractivity contribution in [3.05, 3.63) is 11.1 Å². The Morgan fingerprint density at radius 2 is 1.95 bits per heavy atom. The van der Waals surface area contributed by atoms with Crippen LogP contribution in [0.25, 0.3) is 0 Å². The third kappa shape index (κ3) is 6.36. The average molecular weight is 285 g/mol. The minimum atomic E-state index is 0.322. The summed E-state index contributed by atoms with van der Waals surface area (Å²) in [7, 11) is 0. The third-order valence-corrected chi connectivity index (χ3v) is 4.19. The van der Waals surface area contributed by atoms with Crippen molar-refractivity contribution in [1.29, 1.82) is 0 Å². The zero-order chi connectivity index (χ0) is 13.9. The molecule has 1 heterocycles. The van der Waals surface area contributed by atoms with Crippen LogP contribution in [0.1, 0.15) is 44.4 Å². The molecule has 1 rings (SSSR count). The van der Waals surface area contributed by atoms with Crippen LogP contribution in [0.15, 0.2) is 6.20 Å². The summed E-state index contributed by atoms with van der Waals surface area (Å²) in [5.41, 5.74) is 0. The lowest BCUT2D eigenvalue weighted by Crippen LogP contribution is -2.21. The second kappa shape index (κ2) is 10.2. The number of anilines is 1. The first-order chi connectivity index (χ1) is 9.31. The van der Waals surface area contributed by atoms with E-state index in [1.54, 1.807) is 11.3 Å². The Bertz CT molecular complexity index is 326. The average Bonchev–Trinajstić information content (AvgIpc) is 2.88. The van der Waals surface area contributed by atoms with Crippen molar-refractivity contribution in [2.24, 2.45) is 0 Å². The first-order valence-corrected chi connectivity index (χ1v) is 8.14. The van der Waals surface area contributed by atoms with Gasteiger partial charge in [-0.25, -0.2) is 4.98 Å². The van der Waals surface area contributed by atoms with Gasteiger partial charge < -0.3 is 15.3 Å². The van der Waals surface area contributed by atoms with Gasteiger partial charge in [-0.3, -0.25) is 0 Å². The Morgan fingerprint density at radius 3 is 2.63 bits per heavy atom. The number of rotatable bonds is 11. The Morgan fingerprint density at radius 1 is 1.21 bits per heavy atom. The number of unbranched alkanes of at least 4 members (excludes halogenated alkanes) is 3. The normalized spacial score (nSPS) is 10.9. The lowest BCUT2D eigenvalue weighted by atomic mass is 10.2. The summed E-state index contributed by atoms with van der Waals surface area (Å²) < 4.78 is 0. The van der Waals surface area contributed by atoms with Crippen LogP contribution < -0.4 is 10.2 Å². The molecule has 0 aliphatic carbocycles. The number of hydrogen-bond acceptors (Lipinski definition) is 5. The van der Waals surface area contributed by atoms with Gasteiger partial charge in [0, 0.05) is 37.3 Å². The van der Waals surface area contributed by atoms with E-state index in [4.69, 9.17) is 5.11 Å². The fraction of sp³-hybridized carbons (Fsp3) is 0.786. The zero-order valence-corrected chi connectivity index (χ0v) is 13.0. The highest BCUT2D eigenvalue weighted by Gasteiger charge is 2.07. The number of hydrogen-bond donors (Lipinski definition) is 2. The highest BCUT2D eigenvalue weighted by atomic mass is 32.1. The molecule has 0 aliphatic rings. The van der Waals surface area contributed by atoms with Gasteiger partial charge in [0.2, 0.25) is 0 Å². The number of aliphatic hydroxyl groups excluding tert-OH is 1. The van der Waals surface area contributed by atoms with Crippen LogP contribution in [-0.4, -0.2) is 36.3 Å². The van der Waals surface area contributed by atoms with Gasteiger partial charge in [0.25, 0.3) is 0 Å². The van der Waals surface area contributed by atoms with Gasteiger partial charge in [0.05, 0.1) is 0 Å². The molecule has 0 aromatic carbocycles. The molecule has 110 valence electrons. The minimum Gasteiger partial charge on any atom is -0.396 e. The van der Waals surface area contributed by atoms with Crippen molar-refractivity contribution in [1.82, 2.24) is 10.3 Å². The largest absolute Gasteiger partial charge is 0.396 e. The van der Waals surface area contributed by atoms with E-state index < -0.39 is 0 Å². The predicted molar refractivity (Wildman–Crippen MR) is 82.9 cm³/mol. The van der Waals surface area contributed by atoms with E-state index in [0.717, 1.165) is 44.2 Å². The van der Waals surface area contributed by atoms with E-state index in [1.165, 1.54) is 17.7 Å². The van der Waals surface area contributed by atoms with E-state index in [0.29, 0.717) is 6.61 Å². The molecule has 0 saturated heterocycles. The molecule has 0 spiro atoms. The summed E-state index contributed by atoms with van der Waals surface area (Å²) in [5, 5.41) is 13.3. The highest BCUT2D eigenvalue weighted by Crippen LogP contribution is 2.21. The molecule has 1 aromatic heterocycles. The lowest BCUT2D eigenvalue weighted by molar-refractivity contribution is 0.282. The summed E-state index contributed by atoms with van der Waals surface area (Å²) in [4.78, 5) is 8.06. The van der Waals surface area contributed by atoms with Crippen molar-refractivity contribution in [2.75, 3.05) is 31.1 Å². The molecule has 5 heteroatoms. The monoisotopic (exact) mass is 285 g/mol. The highest BCUT2D eigenvalue weighted by molar-refractivity contribution is 7.15. The molecule has 0 radical (unpaired) electrons.